The molecule has 4 heteroatoms. The van der Waals surface area contributed by atoms with Gasteiger partial charge in [0.25, 0.3) is 0 Å². The molecule has 4 nitrogen and oxygen atoms in total. The Bertz CT molecular complexity index is 171. The van der Waals surface area contributed by atoms with Crippen LogP contribution < -0.4 is 5.11 Å². The fourth-order valence-electron chi connectivity index (χ4n) is 0.360. The molecule has 0 spiro atoms. The minimum atomic E-state index is -1.39. The molecule has 0 saturated carbocycles. The van der Waals surface area contributed by atoms with Crippen LogP contribution in [-0.2, 0) is 9.59 Å². The van der Waals surface area contributed by atoms with Crippen molar-refractivity contribution in [3.8, 4) is 0 Å². The lowest BCUT2D eigenvalue weighted by atomic mass is 10.2. The second-order valence-electron chi connectivity index (χ2n) is 1.78. The van der Waals surface area contributed by atoms with E-state index in [1.165, 1.54) is 0 Å². The van der Waals surface area contributed by atoms with Crippen molar-refractivity contribution in [2.75, 3.05) is 0 Å². The van der Waals surface area contributed by atoms with E-state index >= 15 is 0 Å². The smallest absolute Gasteiger partial charge is 0.303 e. The summed E-state index contributed by atoms with van der Waals surface area (Å²) in [5.41, 5.74) is -0.178. The Hall–Kier alpha value is -1.32. The molecule has 0 saturated heterocycles. The molecule has 0 aliphatic carbocycles. The maximum atomic E-state index is 9.91. The quantitative estimate of drug-likeness (QED) is 0.520. The van der Waals surface area contributed by atoms with Crippen molar-refractivity contribution in [2.45, 2.75) is 12.8 Å². The standard InChI is InChI=1S/C6H8O4/c1-4(6(9)10)2-3-5(7)8/h1-3H2,(H,7,8)(H,9,10)/p-1. The van der Waals surface area contributed by atoms with E-state index < -0.39 is 11.9 Å². The maximum Gasteiger partial charge on any atom is 0.303 e. The average Bonchev–Trinajstić information content (AvgIpc) is 1.82. The van der Waals surface area contributed by atoms with E-state index in [0.717, 1.165) is 0 Å². The van der Waals surface area contributed by atoms with Gasteiger partial charge in [-0.15, -0.1) is 0 Å². The lowest BCUT2D eigenvalue weighted by Crippen LogP contribution is -2.24. The normalized spacial score (nSPS) is 8.80. The summed E-state index contributed by atoms with van der Waals surface area (Å²) in [6, 6.07) is 0. The molecule has 0 heterocycles. The van der Waals surface area contributed by atoms with Crippen molar-refractivity contribution in [3.63, 3.8) is 0 Å². The van der Waals surface area contributed by atoms with Crippen LogP contribution in [0.25, 0.3) is 0 Å². The monoisotopic (exact) mass is 143 g/mol. The second kappa shape index (κ2) is 3.66. The molecule has 0 amide bonds. The van der Waals surface area contributed by atoms with Crippen LogP contribution in [-0.4, -0.2) is 17.0 Å². The average molecular weight is 143 g/mol. The molecule has 0 aliphatic rings. The molecule has 0 bridgehead atoms. The van der Waals surface area contributed by atoms with E-state index in [1.807, 2.05) is 0 Å². The molecular weight excluding hydrogens is 136 g/mol. The van der Waals surface area contributed by atoms with Crippen molar-refractivity contribution in [1.82, 2.24) is 0 Å². The molecule has 0 fully saturated rings. The molecule has 0 rings (SSSR count). The Balaban J connectivity index is 3.60. The molecule has 1 N–H and O–H groups in total. The van der Waals surface area contributed by atoms with E-state index in [2.05, 4.69) is 6.58 Å². The summed E-state index contributed by atoms with van der Waals surface area (Å²) in [5.74, 6) is -2.43. The van der Waals surface area contributed by atoms with Crippen LogP contribution in [0.3, 0.4) is 0 Å². The molecular formula is C6H7O4-. The molecule has 0 aromatic carbocycles. The molecule has 10 heavy (non-hydrogen) atoms. The summed E-state index contributed by atoms with van der Waals surface area (Å²) < 4.78 is 0. The van der Waals surface area contributed by atoms with Crippen molar-refractivity contribution >= 4 is 11.9 Å². The zero-order chi connectivity index (χ0) is 8.15. The number of rotatable bonds is 4. The van der Waals surface area contributed by atoms with Gasteiger partial charge in [-0.25, -0.2) is 0 Å². The van der Waals surface area contributed by atoms with Gasteiger partial charge in [-0.3, -0.25) is 4.79 Å². The number of hydrogen-bond acceptors (Lipinski definition) is 3. The molecule has 56 valence electrons. The fraction of sp³-hybridized carbons (Fsp3) is 0.333. The number of hydrogen-bond donors (Lipinski definition) is 1. The third-order valence-corrected chi connectivity index (χ3v) is 0.929. The van der Waals surface area contributed by atoms with E-state index in [9.17, 15) is 14.7 Å². The Morgan fingerprint density at radius 2 is 1.90 bits per heavy atom. The number of carbonyl (C=O) groups excluding carboxylic acids is 1. The molecule has 0 atom stereocenters. The van der Waals surface area contributed by atoms with Gasteiger partial charge >= 0.3 is 5.97 Å². The van der Waals surface area contributed by atoms with Crippen molar-refractivity contribution in [2.24, 2.45) is 0 Å². The van der Waals surface area contributed by atoms with E-state index in [1.54, 1.807) is 0 Å². The highest BCUT2D eigenvalue weighted by molar-refractivity contribution is 5.84. The Labute approximate surface area is 57.8 Å². The van der Waals surface area contributed by atoms with E-state index in [4.69, 9.17) is 5.11 Å². The second-order valence-corrected chi connectivity index (χ2v) is 1.78. The number of carboxylic acid groups (broad SMARTS) is 2. The minimum Gasteiger partial charge on any atom is -0.545 e. The van der Waals surface area contributed by atoms with E-state index in [-0.39, 0.29) is 18.4 Å². The summed E-state index contributed by atoms with van der Waals surface area (Å²) in [6.45, 7) is 3.10. The lowest BCUT2D eigenvalue weighted by molar-refractivity contribution is -0.299. The van der Waals surface area contributed by atoms with Crippen LogP contribution >= 0.6 is 0 Å². The highest BCUT2D eigenvalue weighted by Gasteiger charge is 1.99. The number of carboxylic acids is 2. The fourth-order valence-corrected chi connectivity index (χ4v) is 0.360. The first kappa shape index (κ1) is 8.68. The molecule has 0 unspecified atom stereocenters. The van der Waals surface area contributed by atoms with Crippen LogP contribution in [0.2, 0.25) is 0 Å². The summed E-state index contributed by atoms with van der Waals surface area (Å²) >= 11 is 0. The SMILES string of the molecule is C=C(CCC(=O)O)C(=O)[O-]. The molecule has 0 aromatic heterocycles. The van der Waals surface area contributed by atoms with E-state index in [0.29, 0.717) is 0 Å². The number of aliphatic carboxylic acids is 2. The van der Waals surface area contributed by atoms with Gasteiger partial charge in [0.2, 0.25) is 0 Å². The number of carbonyl (C=O) groups is 2. The topological polar surface area (TPSA) is 77.4 Å². The summed E-state index contributed by atoms with van der Waals surface area (Å²) in [5, 5.41) is 18.0. The van der Waals surface area contributed by atoms with Crippen LogP contribution in [0.4, 0.5) is 0 Å². The third kappa shape index (κ3) is 3.65. The molecule has 0 aromatic rings. The Kier molecular flexibility index (Phi) is 3.17. The van der Waals surface area contributed by atoms with Crippen LogP contribution in [0.5, 0.6) is 0 Å². The predicted molar refractivity (Wildman–Crippen MR) is 31.0 cm³/mol. The molecule has 0 radical (unpaired) electrons. The third-order valence-electron chi connectivity index (χ3n) is 0.929. The largest absolute Gasteiger partial charge is 0.545 e. The summed E-state index contributed by atoms with van der Waals surface area (Å²) in [7, 11) is 0. The van der Waals surface area contributed by atoms with Gasteiger partial charge in [-0.05, 0) is 12.0 Å². The van der Waals surface area contributed by atoms with Crippen LogP contribution in [0, 0.1) is 0 Å². The summed E-state index contributed by atoms with van der Waals surface area (Å²) in [6.07, 6.45) is -0.273. The van der Waals surface area contributed by atoms with Crippen molar-refractivity contribution < 1.29 is 19.8 Å². The maximum absolute atomic E-state index is 9.91. The van der Waals surface area contributed by atoms with Crippen LogP contribution in [0.15, 0.2) is 12.2 Å². The first-order chi connectivity index (χ1) is 4.54. The van der Waals surface area contributed by atoms with Crippen molar-refractivity contribution in [3.05, 3.63) is 12.2 Å². The van der Waals surface area contributed by atoms with Gasteiger partial charge in [0.15, 0.2) is 0 Å². The zero-order valence-electron chi connectivity index (χ0n) is 5.29. The highest BCUT2D eigenvalue weighted by atomic mass is 16.4. The van der Waals surface area contributed by atoms with Gasteiger partial charge in [0.05, 0.1) is 5.97 Å². The summed E-state index contributed by atoms with van der Waals surface area (Å²) in [4.78, 5) is 19.8. The van der Waals surface area contributed by atoms with Gasteiger partial charge < -0.3 is 15.0 Å². The zero-order valence-corrected chi connectivity index (χ0v) is 5.29. The molecule has 0 aliphatic heterocycles. The lowest BCUT2D eigenvalue weighted by Gasteiger charge is -2.02. The first-order valence-electron chi connectivity index (χ1n) is 2.65. The Morgan fingerprint density at radius 3 is 2.20 bits per heavy atom. The predicted octanol–water partition coefficient (Wildman–Crippen LogP) is -0.843. The first-order valence-corrected chi connectivity index (χ1v) is 2.65. The van der Waals surface area contributed by atoms with Crippen LogP contribution in [0.1, 0.15) is 12.8 Å². The van der Waals surface area contributed by atoms with Gasteiger partial charge in [-0.2, -0.15) is 0 Å². The van der Waals surface area contributed by atoms with Gasteiger partial charge in [0.1, 0.15) is 0 Å². The highest BCUT2D eigenvalue weighted by Crippen LogP contribution is 1.99. The minimum absolute atomic E-state index is 0.0579. The van der Waals surface area contributed by atoms with Gasteiger partial charge in [-0.1, -0.05) is 6.58 Å². The van der Waals surface area contributed by atoms with Crippen molar-refractivity contribution in [1.29, 1.82) is 0 Å². The van der Waals surface area contributed by atoms with Gasteiger partial charge in [0, 0.05) is 6.42 Å². The Morgan fingerprint density at radius 1 is 1.40 bits per heavy atom.